The molecule has 0 heterocycles. The van der Waals surface area contributed by atoms with E-state index in [-0.39, 0.29) is 24.9 Å². The molecule has 1 unspecified atom stereocenters. The third-order valence-corrected chi connectivity index (χ3v) is 1.44. The summed E-state index contributed by atoms with van der Waals surface area (Å²) in [5.74, 6) is -1.42. The van der Waals surface area contributed by atoms with Gasteiger partial charge in [-0.05, 0) is 0 Å². The molecule has 0 saturated heterocycles. The number of carbonyl (C=O) groups is 2. The summed E-state index contributed by atoms with van der Waals surface area (Å²) in [4.78, 5) is 20.9. The van der Waals surface area contributed by atoms with Gasteiger partial charge in [0, 0.05) is 18.5 Å². The van der Waals surface area contributed by atoms with Crippen LogP contribution in [0.1, 0.15) is 26.7 Å². The van der Waals surface area contributed by atoms with Gasteiger partial charge < -0.3 is 16.2 Å². The number of amides is 1. The molecule has 76 valence electrons. The van der Waals surface area contributed by atoms with Crippen molar-refractivity contribution >= 4 is 11.9 Å². The monoisotopic (exact) mass is 188 g/mol. The second-order valence-corrected chi connectivity index (χ2v) is 3.29. The molecule has 0 aliphatic heterocycles. The predicted molar refractivity (Wildman–Crippen MR) is 48.1 cm³/mol. The van der Waals surface area contributed by atoms with Crippen molar-refractivity contribution in [3.05, 3.63) is 0 Å². The molecule has 0 spiro atoms. The Kier molecular flexibility index (Phi) is 5.06. The zero-order valence-electron chi connectivity index (χ0n) is 7.91. The summed E-state index contributed by atoms with van der Waals surface area (Å²) in [5, 5.41) is 11.5. The molecule has 0 rings (SSSR count). The molecule has 5 nitrogen and oxygen atoms in total. The molecule has 0 aromatic carbocycles. The van der Waals surface area contributed by atoms with Gasteiger partial charge in [0.2, 0.25) is 5.91 Å². The highest BCUT2D eigenvalue weighted by atomic mass is 16.4. The Balaban J connectivity index is 4.02. The summed E-state index contributed by atoms with van der Waals surface area (Å²) < 4.78 is 0. The second kappa shape index (κ2) is 5.53. The Morgan fingerprint density at radius 3 is 2.23 bits per heavy atom. The Labute approximate surface area is 77.3 Å². The van der Waals surface area contributed by atoms with Crippen molar-refractivity contribution in [2.45, 2.75) is 38.8 Å². The second-order valence-electron chi connectivity index (χ2n) is 3.29. The zero-order chi connectivity index (χ0) is 10.4. The van der Waals surface area contributed by atoms with E-state index in [2.05, 4.69) is 5.32 Å². The molecule has 0 saturated carbocycles. The first kappa shape index (κ1) is 11.9. The number of rotatable bonds is 6. The van der Waals surface area contributed by atoms with Gasteiger partial charge in [-0.15, -0.1) is 0 Å². The van der Waals surface area contributed by atoms with Gasteiger partial charge in [0.05, 0.1) is 6.42 Å². The van der Waals surface area contributed by atoms with E-state index < -0.39 is 11.9 Å². The van der Waals surface area contributed by atoms with Crippen molar-refractivity contribution in [1.29, 1.82) is 0 Å². The summed E-state index contributed by atoms with van der Waals surface area (Å²) in [5.41, 5.74) is 4.97. The minimum atomic E-state index is -0.931. The number of nitrogens with one attached hydrogen (secondary N) is 1. The highest BCUT2D eigenvalue weighted by molar-refractivity contribution is 5.76. The number of aliphatic carboxylic acids is 1. The summed E-state index contributed by atoms with van der Waals surface area (Å²) in [6.07, 6.45) is -0.0222. The lowest BCUT2D eigenvalue weighted by atomic mass is 10.1. The summed E-state index contributed by atoms with van der Waals surface area (Å²) in [6, 6.07) is -0.223. The lowest BCUT2D eigenvalue weighted by Gasteiger charge is -2.17. The fourth-order valence-corrected chi connectivity index (χ4v) is 1.12. The first-order valence-electron chi connectivity index (χ1n) is 4.18. The molecule has 0 aromatic rings. The van der Waals surface area contributed by atoms with E-state index >= 15 is 0 Å². The average Bonchev–Trinajstić information content (AvgIpc) is 1.80. The standard InChI is InChI=1S/C8H16N2O3/c1-5(2)10-6(3-7(9)11)4-8(12)13/h5-6,10H,3-4H2,1-2H3,(H2,9,11)(H,12,13). The van der Waals surface area contributed by atoms with E-state index in [0.29, 0.717) is 0 Å². The van der Waals surface area contributed by atoms with Gasteiger partial charge in [-0.25, -0.2) is 0 Å². The maximum atomic E-state index is 10.6. The highest BCUT2D eigenvalue weighted by Crippen LogP contribution is 1.99. The van der Waals surface area contributed by atoms with Gasteiger partial charge >= 0.3 is 5.97 Å². The largest absolute Gasteiger partial charge is 0.481 e. The van der Waals surface area contributed by atoms with Crippen LogP contribution in [0.5, 0.6) is 0 Å². The third kappa shape index (κ3) is 7.27. The number of primary amides is 1. The molecule has 1 amide bonds. The lowest BCUT2D eigenvalue weighted by molar-refractivity contribution is -0.137. The quantitative estimate of drug-likeness (QED) is 0.533. The van der Waals surface area contributed by atoms with Crippen LogP contribution < -0.4 is 11.1 Å². The maximum Gasteiger partial charge on any atom is 0.304 e. The van der Waals surface area contributed by atoms with Gasteiger partial charge in [0.1, 0.15) is 0 Å². The number of carbonyl (C=O) groups excluding carboxylic acids is 1. The number of hydrogen-bond donors (Lipinski definition) is 3. The summed E-state index contributed by atoms with van der Waals surface area (Å²) >= 11 is 0. The first-order chi connectivity index (χ1) is 5.91. The van der Waals surface area contributed by atoms with Crippen LogP contribution in [0, 0.1) is 0 Å². The predicted octanol–water partition coefficient (Wildman–Crippen LogP) is -0.297. The molecule has 0 radical (unpaired) electrons. The van der Waals surface area contributed by atoms with E-state index in [0.717, 1.165) is 0 Å². The van der Waals surface area contributed by atoms with Crippen LogP contribution in [0.25, 0.3) is 0 Å². The van der Waals surface area contributed by atoms with Crippen molar-refractivity contribution in [3.63, 3.8) is 0 Å². The van der Waals surface area contributed by atoms with E-state index in [4.69, 9.17) is 10.8 Å². The van der Waals surface area contributed by atoms with Crippen LogP contribution in [-0.2, 0) is 9.59 Å². The van der Waals surface area contributed by atoms with Gasteiger partial charge in [-0.2, -0.15) is 0 Å². The van der Waals surface area contributed by atoms with Crippen molar-refractivity contribution in [2.24, 2.45) is 5.73 Å². The molecule has 13 heavy (non-hydrogen) atoms. The van der Waals surface area contributed by atoms with Crippen molar-refractivity contribution in [2.75, 3.05) is 0 Å². The van der Waals surface area contributed by atoms with Gasteiger partial charge in [-0.3, -0.25) is 9.59 Å². The third-order valence-electron chi connectivity index (χ3n) is 1.44. The van der Waals surface area contributed by atoms with Gasteiger partial charge in [0.25, 0.3) is 0 Å². The molecule has 0 aromatic heterocycles. The normalized spacial score (nSPS) is 12.8. The molecule has 5 heteroatoms. The van der Waals surface area contributed by atoms with Crippen LogP contribution in [0.15, 0.2) is 0 Å². The fourth-order valence-electron chi connectivity index (χ4n) is 1.12. The number of carboxylic acid groups (broad SMARTS) is 1. The van der Waals surface area contributed by atoms with E-state index in [1.165, 1.54) is 0 Å². The van der Waals surface area contributed by atoms with Gasteiger partial charge in [-0.1, -0.05) is 13.8 Å². The number of hydrogen-bond acceptors (Lipinski definition) is 3. The molecular formula is C8H16N2O3. The number of carboxylic acids is 1. The topological polar surface area (TPSA) is 92.4 Å². The molecule has 1 atom stereocenters. The maximum absolute atomic E-state index is 10.6. The molecule has 0 aliphatic carbocycles. The smallest absolute Gasteiger partial charge is 0.304 e. The van der Waals surface area contributed by atoms with E-state index in [1.54, 1.807) is 0 Å². The first-order valence-corrected chi connectivity index (χ1v) is 4.18. The molecule has 4 N–H and O–H groups in total. The lowest BCUT2D eigenvalue weighted by Crippen LogP contribution is -2.39. The van der Waals surface area contributed by atoms with E-state index in [9.17, 15) is 9.59 Å². The van der Waals surface area contributed by atoms with Crippen molar-refractivity contribution < 1.29 is 14.7 Å². The van der Waals surface area contributed by atoms with Crippen LogP contribution in [0.2, 0.25) is 0 Å². The molecule has 0 fully saturated rings. The summed E-state index contributed by atoms with van der Waals surface area (Å²) in [7, 11) is 0. The summed E-state index contributed by atoms with van der Waals surface area (Å²) in [6.45, 7) is 3.77. The number of nitrogens with two attached hydrogens (primary N) is 1. The zero-order valence-corrected chi connectivity index (χ0v) is 7.91. The van der Waals surface area contributed by atoms with Gasteiger partial charge in [0.15, 0.2) is 0 Å². The fraction of sp³-hybridized carbons (Fsp3) is 0.750. The Morgan fingerprint density at radius 2 is 1.92 bits per heavy atom. The molecular weight excluding hydrogens is 172 g/mol. The highest BCUT2D eigenvalue weighted by Gasteiger charge is 2.15. The molecule has 0 aliphatic rings. The van der Waals surface area contributed by atoms with Crippen LogP contribution in [0.4, 0.5) is 0 Å². The Morgan fingerprint density at radius 1 is 1.38 bits per heavy atom. The minimum Gasteiger partial charge on any atom is -0.481 e. The van der Waals surface area contributed by atoms with Crippen LogP contribution in [-0.4, -0.2) is 29.1 Å². The average molecular weight is 188 g/mol. The van der Waals surface area contributed by atoms with Crippen LogP contribution >= 0.6 is 0 Å². The SMILES string of the molecule is CC(C)NC(CC(N)=O)CC(=O)O. The minimum absolute atomic E-state index is 0.0600. The van der Waals surface area contributed by atoms with Crippen LogP contribution in [0.3, 0.4) is 0 Å². The van der Waals surface area contributed by atoms with E-state index in [1.807, 2.05) is 13.8 Å². The van der Waals surface area contributed by atoms with Crippen molar-refractivity contribution in [3.8, 4) is 0 Å². The Hall–Kier alpha value is -1.10. The van der Waals surface area contributed by atoms with Crippen molar-refractivity contribution in [1.82, 2.24) is 5.32 Å². The Bertz CT molecular complexity index is 176. The molecule has 0 bridgehead atoms.